The van der Waals surface area contributed by atoms with Crippen molar-refractivity contribution in [3.63, 3.8) is 0 Å². The number of rotatable bonds is 37. The number of anilines is 3. The number of sulfonamides is 3. The van der Waals surface area contributed by atoms with Gasteiger partial charge in [-0.2, -0.15) is 15.8 Å². The van der Waals surface area contributed by atoms with Gasteiger partial charge in [0.1, 0.15) is 66.6 Å². The summed E-state index contributed by atoms with van der Waals surface area (Å²) in [6.07, 6.45) is 10.8. The molecule has 0 bridgehead atoms. The number of carbonyl (C=O) groups excluding carboxylic acids is 3. The molecule has 9 rings (SSSR count). The molecule has 9 aromatic rings. The van der Waals surface area contributed by atoms with Crippen LogP contribution in [0, 0.1) is 72.5 Å². The molecule has 0 amide bonds. The van der Waals surface area contributed by atoms with Gasteiger partial charge in [-0.05, 0) is 181 Å². The fourth-order valence-corrected chi connectivity index (χ4v) is 17.1. The van der Waals surface area contributed by atoms with E-state index in [0.717, 1.165) is 90.8 Å². The van der Waals surface area contributed by atoms with Gasteiger partial charge in [-0.15, -0.1) is 30.7 Å². The third kappa shape index (κ3) is 25.4. The van der Waals surface area contributed by atoms with E-state index in [1.165, 1.54) is 136 Å². The number of nitrogens with one attached hydrogen (secondary N) is 2. The molecule has 3 atom stereocenters. The number of nitriles is 3. The molecule has 3 aromatic heterocycles. The number of unbranched alkanes of at least 4 members (excludes halogenated alkanes) is 3. The van der Waals surface area contributed by atoms with Crippen LogP contribution in [0.5, 0.6) is 17.6 Å². The summed E-state index contributed by atoms with van der Waals surface area (Å²) in [6, 6.07) is 40.7. The van der Waals surface area contributed by atoms with E-state index >= 15 is 0 Å². The third-order valence-electron chi connectivity index (χ3n) is 20.5. The van der Waals surface area contributed by atoms with E-state index in [1.54, 1.807) is 55.5 Å². The van der Waals surface area contributed by atoms with E-state index in [9.17, 15) is 90.2 Å². The van der Waals surface area contributed by atoms with Gasteiger partial charge in [0.25, 0.3) is 46.7 Å². The number of nitrogens with zero attached hydrogens (tertiary/aromatic N) is 13. The van der Waals surface area contributed by atoms with E-state index < -0.39 is 70.4 Å². The maximum Gasteiger partial charge on any atom is 1.00 e. The van der Waals surface area contributed by atoms with Gasteiger partial charge in [0.15, 0.2) is 28.6 Å². The van der Waals surface area contributed by atoms with Gasteiger partial charge < -0.3 is 25.2 Å². The Kier molecular flexibility index (Phi) is 38.1. The summed E-state index contributed by atoms with van der Waals surface area (Å²) in [5.74, 6) is -2.60. The van der Waals surface area contributed by atoms with Gasteiger partial charge in [-0.25, -0.2) is 25.3 Å². The van der Waals surface area contributed by atoms with Crippen LogP contribution in [-0.4, -0.2) is 78.4 Å². The molecule has 5 N–H and O–H groups in total. The minimum Gasteiger partial charge on any atom is -0.545 e. The number of aromatic carboxylic acids is 1. The number of azo groups is 3. The monoisotopic (exact) mass is 1760 g/mol. The summed E-state index contributed by atoms with van der Waals surface area (Å²) in [7, 11) is -12.5. The van der Waals surface area contributed by atoms with E-state index in [1.807, 2.05) is 39.0 Å². The number of pyridine rings is 3. The van der Waals surface area contributed by atoms with Crippen molar-refractivity contribution < 1.29 is 111 Å². The van der Waals surface area contributed by atoms with Gasteiger partial charge in [0, 0.05) is 65.4 Å². The molecule has 3 heterocycles. The average Bonchev–Trinajstić information content (AvgIpc) is 0.784. The second kappa shape index (κ2) is 46.7. The Hall–Kier alpha value is -11.5. The fraction of sp³-hybridized carbons (Fsp3) is 0.352. The normalized spacial score (nSPS) is 12.2. The molecule has 0 saturated carbocycles. The molecule has 0 saturated heterocycles. The Morgan fingerprint density at radius 3 is 1.00 bits per heavy atom. The fourth-order valence-electron chi connectivity index (χ4n) is 13.1. The maximum absolute atomic E-state index is 13.8. The zero-order valence-corrected chi connectivity index (χ0v) is 76.7. The van der Waals surface area contributed by atoms with Crippen molar-refractivity contribution in [3.05, 3.63) is 227 Å². The maximum atomic E-state index is 13.8. The number of carboxylic acid groups (broad SMARTS) is 1. The van der Waals surface area contributed by atoms with Crippen LogP contribution >= 0.6 is 0 Å². The minimum atomic E-state index is -4.20. The van der Waals surface area contributed by atoms with Crippen LogP contribution < -0.4 is 86.9 Å². The van der Waals surface area contributed by atoms with Crippen LogP contribution in [0.4, 0.5) is 51.2 Å². The first kappa shape index (κ1) is 100. The van der Waals surface area contributed by atoms with Crippen LogP contribution in [0.1, 0.15) is 204 Å². The van der Waals surface area contributed by atoms with Crippen molar-refractivity contribution in [2.24, 2.45) is 48.4 Å². The van der Waals surface area contributed by atoms with Gasteiger partial charge >= 0.3 is 51.4 Å². The van der Waals surface area contributed by atoms with Crippen molar-refractivity contribution in [2.45, 2.75) is 194 Å². The van der Waals surface area contributed by atoms with Crippen LogP contribution in [0.15, 0.2) is 205 Å². The van der Waals surface area contributed by atoms with Crippen LogP contribution in [0.2, 0.25) is 0 Å². The van der Waals surface area contributed by atoms with Gasteiger partial charge in [-0.3, -0.25) is 51.4 Å². The molecule has 0 fully saturated rings. The second-order valence-corrected chi connectivity index (χ2v) is 34.0. The van der Waals surface area contributed by atoms with Crippen LogP contribution in [-0.2, 0) is 49.7 Å². The summed E-state index contributed by atoms with van der Waals surface area (Å²) in [6.45, 7) is 22.0. The van der Waals surface area contributed by atoms with Gasteiger partial charge in [0.05, 0.1) is 11.7 Å². The van der Waals surface area contributed by atoms with E-state index in [4.69, 9.17) is 0 Å². The first-order chi connectivity index (χ1) is 58.1. The van der Waals surface area contributed by atoms with E-state index in [-0.39, 0.29) is 206 Å². The Morgan fingerprint density at radius 2 is 0.724 bits per heavy atom. The number of carboxylic acids is 1. The number of Topliss-reactive ketones (excluding diaryl/α,β-unsaturated/α-hetero) is 2. The molecule has 35 heteroatoms. The Bertz CT molecular complexity index is 5850. The molecule has 0 aliphatic rings. The largest absolute Gasteiger partial charge is 1.00 e. The topological polar surface area (TPSA) is 476 Å². The molecular formula is C88H100KN15O16S3. The molecule has 0 spiro atoms. The Morgan fingerprint density at radius 1 is 0.439 bits per heavy atom. The first-order valence-corrected chi connectivity index (χ1v) is 44.2. The zero-order chi connectivity index (χ0) is 89.9. The zero-order valence-electron chi connectivity index (χ0n) is 71.1. The number of hydrogen-bond donors (Lipinski definition) is 5. The van der Waals surface area contributed by atoms with Crippen LogP contribution in [0.3, 0.4) is 0 Å². The summed E-state index contributed by atoms with van der Waals surface area (Å²) in [4.78, 5) is 73.9. The SMILES string of the molecule is CCCCC(CC)Cn1c(O)c(C#N)c(C)c(N=Nc2ccccc2S(=O)(=O)N(CC)c2ccc(C(C)=O)cc2)c1=O.CCCCC(CC)Cn1c(O)c(C#N)c(C)c(N=Nc2ccccc2S(=O)(=O)Nc2ccc(C(=O)[O-])cc2)c1=O.CCCCC(CC)Cn1c(O)c(C#N)c(C)c(N=Nc2ccccc2S(=O)(=O)Nc2ccc(C(C)=O)cc2)c1=O.[K+]. The molecule has 642 valence electrons. The number of ketones is 2. The van der Waals surface area contributed by atoms with Gasteiger partial charge in [0.2, 0.25) is 17.6 Å². The Balaban J connectivity index is 0.000000284. The predicted octanol–water partition coefficient (Wildman–Crippen LogP) is 14.7. The molecule has 0 aliphatic heterocycles. The third-order valence-corrected chi connectivity index (χ3v) is 25.3. The summed E-state index contributed by atoms with van der Waals surface area (Å²) in [5.41, 5.74) is -0.763. The first-order valence-electron chi connectivity index (χ1n) is 39.8. The van der Waals surface area contributed by atoms with Crippen LogP contribution in [0.25, 0.3) is 0 Å². The standard InChI is InChI=1S/C31H37N5O5S.C29H33N5O5S.C28H31N5O6S.K/c1-6-9-12-23(7-2)20-35-30(38)26(19-32)21(4)29(31(35)39)34-33-27-13-10-11-14-28(27)42(40,41)36(8-3)25-17-15-24(16-18-25)22(5)37;1-5-7-10-21(6-2)18-34-28(36)24(17-30)19(3)27(29(34)37)32-31-25-11-8-9-12-26(25)40(38,39)33-23-15-13-22(14-16-23)20(4)35;1-4-6-9-19(5-2)17-33-26(34)22(16-29)18(3)25(27(33)35)31-30-23-10-7-8-11-24(23)40(38,39)32-21-14-12-20(13-15-21)28(36)37;/h10-11,13-18,23,38H,6-9,12,20H2,1-5H3;8-9,11-16,21,33,36H,5-7,10,18H2,1-4H3;7-8,10-15,19,32,34H,4-6,9,17H2,1-3H3,(H,36,37);/q;;;+1/p-1. The molecule has 6 aromatic carbocycles. The van der Waals surface area contributed by atoms with Crippen molar-refractivity contribution in [2.75, 3.05) is 20.3 Å². The van der Waals surface area contributed by atoms with Crippen molar-refractivity contribution in [1.82, 2.24) is 13.7 Å². The summed E-state index contributed by atoms with van der Waals surface area (Å²) >= 11 is 0. The molecule has 0 aliphatic carbocycles. The summed E-state index contributed by atoms with van der Waals surface area (Å²) in [5, 5.41) is 96.9. The number of hydrogen-bond acceptors (Lipinski definition) is 25. The molecule has 31 nitrogen and oxygen atoms in total. The van der Waals surface area contributed by atoms with E-state index in [2.05, 4.69) is 60.9 Å². The van der Waals surface area contributed by atoms with Gasteiger partial charge in [-0.1, -0.05) is 148 Å². The quantitative estimate of drug-likeness (QED) is 0.0137. The number of aromatic nitrogens is 3. The second-order valence-electron chi connectivity index (χ2n) is 28.8. The summed E-state index contributed by atoms with van der Waals surface area (Å²) < 4.78 is 89.8. The smallest absolute Gasteiger partial charge is 0.545 e. The number of benzene rings is 6. The number of aromatic hydroxyl groups is 3. The van der Waals surface area contributed by atoms with Crippen molar-refractivity contribution >= 4 is 98.8 Å². The molecule has 0 radical (unpaired) electrons. The average molecular weight is 1760 g/mol. The molecular weight excluding hydrogens is 1660 g/mol. The molecule has 3 unspecified atom stereocenters. The van der Waals surface area contributed by atoms with E-state index in [0.29, 0.717) is 16.8 Å². The van der Waals surface area contributed by atoms with Crippen molar-refractivity contribution in [3.8, 4) is 35.8 Å². The van der Waals surface area contributed by atoms with Crippen molar-refractivity contribution in [1.29, 1.82) is 15.8 Å². The molecule has 123 heavy (non-hydrogen) atoms. The minimum absolute atomic E-state index is 0. The Labute approximate surface area is 758 Å². The predicted molar refractivity (Wildman–Crippen MR) is 463 cm³/mol. The number of carbonyl (C=O) groups is 3.